The highest BCUT2D eigenvalue weighted by molar-refractivity contribution is 6.33. The summed E-state index contributed by atoms with van der Waals surface area (Å²) in [4.78, 5) is 22.0. The summed E-state index contributed by atoms with van der Waals surface area (Å²) < 4.78 is 10.7. The topological polar surface area (TPSA) is 111 Å². The van der Waals surface area contributed by atoms with Gasteiger partial charge in [-0.3, -0.25) is 14.9 Å². The molecule has 1 aromatic carbocycles. The lowest BCUT2D eigenvalue weighted by molar-refractivity contribution is -0.384. The number of nitro benzene ring substituents is 1. The first-order chi connectivity index (χ1) is 12.4. The normalized spacial score (nSPS) is 11.0. The molecule has 0 saturated carbocycles. The maximum atomic E-state index is 11.8. The van der Waals surface area contributed by atoms with Crippen LogP contribution in [0.4, 0.5) is 5.69 Å². The molecule has 0 spiro atoms. The van der Waals surface area contributed by atoms with Gasteiger partial charge in [-0.2, -0.15) is 5.10 Å². The van der Waals surface area contributed by atoms with Crippen molar-refractivity contribution < 1.29 is 18.6 Å². The number of furan rings is 2. The quantitative estimate of drug-likeness (QED) is 0.410. The standard InChI is InChI=1S/C17H12ClN3O5/c1-10-2-6-16(25-10)17(22)20-19-9-12-4-7-15(26-12)13-5-3-11(21(23)24)8-14(13)18/h2-9H,1H3,(H,20,22)/b19-9+. The van der Waals surface area contributed by atoms with Crippen LogP contribution in [-0.4, -0.2) is 17.0 Å². The monoisotopic (exact) mass is 373 g/mol. The summed E-state index contributed by atoms with van der Waals surface area (Å²) in [7, 11) is 0. The van der Waals surface area contributed by atoms with Crippen LogP contribution in [0.3, 0.4) is 0 Å². The van der Waals surface area contributed by atoms with Gasteiger partial charge >= 0.3 is 5.91 Å². The molecule has 0 unspecified atom stereocenters. The van der Waals surface area contributed by atoms with Crippen LogP contribution in [0.2, 0.25) is 5.02 Å². The summed E-state index contributed by atoms with van der Waals surface area (Å²) in [6.07, 6.45) is 1.32. The van der Waals surface area contributed by atoms with Crippen molar-refractivity contribution in [2.45, 2.75) is 6.92 Å². The van der Waals surface area contributed by atoms with Crippen molar-refractivity contribution >= 4 is 29.4 Å². The Labute approximate surface area is 152 Å². The molecule has 1 N–H and O–H groups in total. The maximum absolute atomic E-state index is 11.8. The number of carbonyl (C=O) groups is 1. The fourth-order valence-electron chi connectivity index (χ4n) is 2.15. The molecule has 8 nitrogen and oxygen atoms in total. The number of halogens is 1. The largest absolute Gasteiger partial charge is 0.456 e. The first-order valence-corrected chi connectivity index (χ1v) is 7.76. The van der Waals surface area contributed by atoms with Crippen molar-refractivity contribution in [3.63, 3.8) is 0 Å². The number of nitrogens with zero attached hydrogens (tertiary/aromatic N) is 2. The van der Waals surface area contributed by atoms with Gasteiger partial charge in [0.1, 0.15) is 17.3 Å². The second-order valence-electron chi connectivity index (χ2n) is 5.23. The van der Waals surface area contributed by atoms with Crippen LogP contribution in [-0.2, 0) is 0 Å². The van der Waals surface area contributed by atoms with Crippen LogP contribution in [0.15, 0.2) is 56.4 Å². The minimum Gasteiger partial charge on any atom is -0.456 e. The average molecular weight is 374 g/mol. The summed E-state index contributed by atoms with van der Waals surface area (Å²) in [6.45, 7) is 1.73. The number of rotatable bonds is 5. The van der Waals surface area contributed by atoms with E-state index in [0.29, 0.717) is 22.8 Å². The van der Waals surface area contributed by atoms with Crippen LogP contribution in [0.1, 0.15) is 22.1 Å². The summed E-state index contributed by atoms with van der Waals surface area (Å²) in [5.41, 5.74) is 2.71. The van der Waals surface area contributed by atoms with E-state index in [9.17, 15) is 14.9 Å². The van der Waals surface area contributed by atoms with E-state index in [1.165, 1.54) is 24.4 Å². The van der Waals surface area contributed by atoms with Gasteiger partial charge in [-0.15, -0.1) is 0 Å². The highest BCUT2D eigenvalue weighted by Crippen LogP contribution is 2.31. The van der Waals surface area contributed by atoms with Crippen molar-refractivity contribution in [1.29, 1.82) is 0 Å². The van der Waals surface area contributed by atoms with Gasteiger partial charge in [-0.25, -0.2) is 5.43 Å². The smallest absolute Gasteiger partial charge is 0.307 e. The molecule has 0 aliphatic rings. The predicted octanol–water partition coefficient (Wildman–Crippen LogP) is 4.17. The van der Waals surface area contributed by atoms with Gasteiger partial charge in [0, 0.05) is 17.7 Å². The van der Waals surface area contributed by atoms with Crippen molar-refractivity contribution in [3.8, 4) is 11.3 Å². The second-order valence-corrected chi connectivity index (χ2v) is 5.64. The summed E-state index contributed by atoms with van der Waals surface area (Å²) in [6, 6.07) is 10.6. The van der Waals surface area contributed by atoms with Crippen molar-refractivity contribution in [2.75, 3.05) is 0 Å². The molecule has 0 fully saturated rings. The molecule has 0 aliphatic heterocycles. The highest BCUT2D eigenvalue weighted by atomic mass is 35.5. The zero-order chi connectivity index (χ0) is 18.7. The van der Waals surface area contributed by atoms with E-state index in [2.05, 4.69) is 10.5 Å². The minimum atomic E-state index is -0.529. The number of carbonyl (C=O) groups excluding carboxylic acids is 1. The second kappa shape index (κ2) is 7.24. The predicted molar refractivity (Wildman–Crippen MR) is 94.3 cm³/mol. The fourth-order valence-corrected chi connectivity index (χ4v) is 2.42. The van der Waals surface area contributed by atoms with Gasteiger partial charge < -0.3 is 8.83 Å². The number of non-ortho nitro benzene ring substituents is 1. The lowest BCUT2D eigenvalue weighted by Crippen LogP contribution is -2.16. The van der Waals surface area contributed by atoms with Gasteiger partial charge in [0.05, 0.1) is 16.2 Å². The first-order valence-electron chi connectivity index (χ1n) is 7.38. The van der Waals surface area contributed by atoms with E-state index >= 15 is 0 Å². The van der Waals surface area contributed by atoms with Crippen LogP contribution < -0.4 is 5.43 Å². The van der Waals surface area contributed by atoms with Gasteiger partial charge in [0.15, 0.2) is 5.76 Å². The molecule has 3 rings (SSSR count). The molecule has 0 aliphatic carbocycles. The van der Waals surface area contributed by atoms with Gasteiger partial charge in [0.2, 0.25) is 0 Å². The molecule has 0 atom stereocenters. The summed E-state index contributed by atoms with van der Waals surface area (Å²) in [5.74, 6) is 1.07. The fraction of sp³-hybridized carbons (Fsp3) is 0.0588. The van der Waals surface area contributed by atoms with Gasteiger partial charge in [-0.05, 0) is 37.3 Å². The molecule has 9 heteroatoms. The Morgan fingerprint density at radius 2 is 2.04 bits per heavy atom. The molecule has 2 heterocycles. The summed E-state index contributed by atoms with van der Waals surface area (Å²) >= 11 is 6.07. The zero-order valence-electron chi connectivity index (χ0n) is 13.4. The molecule has 1 amide bonds. The Kier molecular flexibility index (Phi) is 4.85. The van der Waals surface area contributed by atoms with E-state index in [-0.39, 0.29) is 16.5 Å². The molecular weight excluding hydrogens is 362 g/mol. The first kappa shape index (κ1) is 17.4. The third kappa shape index (κ3) is 3.81. The number of benzene rings is 1. The van der Waals surface area contributed by atoms with Crippen LogP contribution >= 0.6 is 11.6 Å². The molecule has 26 heavy (non-hydrogen) atoms. The van der Waals surface area contributed by atoms with Crippen molar-refractivity contribution in [2.24, 2.45) is 5.10 Å². The third-order valence-corrected chi connectivity index (χ3v) is 3.69. The maximum Gasteiger partial charge on any atom is 0.307 e. The molecule has 2 aromatic heterocycles. The number of aryl methyl sites for hydroxylation is 1. The zero-order valence-corrected chi connectivity index (χ0v) is 14.2. The van der Waals surface area contributed by atoms with Crippen LogP contribution in [0.25, 0.3) is 11.3 Å². The molecule has 0 saturated heterocycles. The molecule has 0 bridgehead atoms. The highest BCUT2D eigenvalue weighted by Gasteiger charge is 2.13. The molecule has 3 aromatic rings. The molecular formula is C17H12ClN3O5. The van der Waals surface area contributed by atoms with Crippen molar-refractivity contribution in [1.82, 2.24) is 5.43 Å². The van der Waals surface area contributed by atoms with E-state index in [4.69, 9.17) is 20.4 Å². The number of hydrogen-bond acceptors (Lipinski definition) is 6. The van der Waals surface area contributed by atoms with E-state index in [1.807, 2.05) is 0 Å². The van der Waals surface area contributed by atoms with Crippen LogP contribution in [0.5, 0.6) is 0 Å². The van der Waals surface area contributed by atoms with Crippen LogP contribution in [0, 0.1) is 17.0 Å². The average Bonchev–Trinajstić information content (AvgIpc) is 3.24. The van der Waals surface area contributed by atoms with E-state index in [1.54, 1.807) is 31.2 Å². The Balaban J connectivity index is 1.70. The summed E-state index contributed by atoms with van der Waals surface area (Å²) in [5, 5.41) is 14.7. The molecule has 0 radical (unpaired) electrons. The SMILES string of the molecule is Cc1ccc(C(=O)N/N=C/c2ccc(-c3ccc([N+](=O)[O-])cc3Cl)o2)o1. The lowest BCUT2D eigenvalue weighted by Gasteiger charge is -2.00. The minimum absolute atomic E-state index is 0.108. The molecule has 132 valence electrons. The van der Waals surface area contributed by atoms with Gasteiger partial charge in [-0.1, -0.05) is 11.6 Å². The van der Waals surface area contributed by atoms with Gasteiger partial charge in [0.25, 0.3) is 5.69 Å². The van der Waals surface area contributed by atoms with Crippen molar-refractivity contribution in [3.05, 3.63) is 74.9 Å². The Bertz CT molecular complexity index is 1010. The number of nitro groups is 1. The number of hydrogen-bond donors (Lipinski definition) is 1. The van der Waals surface area contributed by atoms with E-state index in [0.717, 1.165) is 0 Å². The Morgan fingerprint density at radius 3 is 2.69 bits per heavy atom. The Morgan fingerprint density at radius 1 is 1.23 bits per heavy atom. The number of nitrogens with one attached hydrogen (secondary N) is 1. The number of amides is 1. The lowest BCUT2D eigenvalue weighted by atomic mass is 10.1. The Hall–Kier alpha value is -3.39. The third-order valence-electron chi connectivity index (χ3n) is 3.38. The van der Waals surface area contributed by atoms with E-state index < -0.39 is 10.8 Å². The number of hydrazone groups is 1.